The van der Waals surface area contributed by atoms with Crippen molar-refractivity contribution in [2.45, 2.75) is 38.7 Å². The molecule has 1 saturated carbocycles. The maximum Gasteiger partial charge on any atom is 0.334 e. The van der Waals surface area contributed by atoms with Crippen molar-refractivity contribution in [3.05, 3.63) is 0 Å². The highest BCUT2D eigenvalue weighted by Gasteiger charge is 2.21. The van der Waals surface area contributed by atoms with Crippen molar-refractivity contribution in [3.8, 4) is 0 Å². The van der Waals surface area contributed by atoms with Gasteiger partial charge in [0.2, 0.25) is 0 Å². The summed E-state index contributed by atoms with van der Waals surface area (Å²) >= 11 is 0. The van der Waals surface area contributed by atoms with Crippen molar-refractivity contribution in [3.63, 3.8) is 0 Å². The fourth-order valence-electron chi connectivity index (χ4n) is 1.77. The summed E-state index contributed by atoms with van der Waals surface area (Å²) in [6.07, 6.45) is 4.40. The Balaban J connectivity index is 2.23. The third-order valence-corrected chi connectivity index (χ3v) is 2.39. The van der Waals surface area contributed by atoms with E-state index in [2.05, 4.69) is 11.8 Å². The molecule has 0 amide bonds. The number of hydrogen-bond acceptors (Lipinski definition) is 4. The van der Waals surface area contributed by atoms with Crippen LogP contribution in [0.3, 0.4) is 0 Å². The maximum absolute atomic E-state index is 11.0. The molecule has 1 aliphatic rings. The first-order valence-electron chi connectivity index (χ1n) is 4.73. The Morgan fingerprint density at radius 1 is 1.54 bits per heavy atom. The van der Waals surface area contributed by atoms with Crippen molar-refractivity contribution >= 4 is 5.97 Å². The minimum Gasteiger partial charge on any atom is -0.461 e. The molecule has 4 heteroatoms. The van der Waals surface area contributed by atoms with Crippen LogP contribution >= 0.6 is 0 Å². The number of carbonyl (C=O) groups is 1. The lowest BCUT2D eigenvalue weighted by molar-refractivity contribution is -0.156. The number of nitrogens with two attached hydrogens (primary N) is 1. The molecule has 76 valence electrons. The summed E-state index contributed by atoms with van der Waals surface area (Å²) in [5.41, 5.74) is 0. The first kappa shape index (κ1) is 10.5. The molecule has 1 aliphatic carbocycles. The third kappa shape index (κ3) is 3.74. The van der Waals surface area contributed by atoms with Crippen LogP contribution in [0.15, 0.2) is 0 Å². The monoisotopic (exact) mass is 187 g/mol. The van der Waals surface area contributed by atoms with Gasteiger partial charge in [-0.1, -0.05) is 13.3 Å². The molecule has 0 aromatic carbocycles. The predicted octanol–water partition coefficient (Wildman–Crippen LogP) is 0.999. The average molecular weight is 187 g/mol. The number of esters is 1. The molecule has 0 radical (unpaired) electrons. The SMILES string of the molecule is CC1CCCC(OC(=O)CON)C1. The van der Waals surface area contributed by atoms with Crippen LogP contribution in [0.25, 0.3) is 0 Å². The lowest BCUT2D eigenvalue weighted by atomic mass is 9.89. The molecule has 0 spiro atoms. The number of rotatable bonds is 3. The molecule has 2 atom stereocenters. The van der Waals surface area contributed by atoms with E-state index in [0.717, 1.165) is 19.3 Å². The van der Waals surface area contributed by atoms with Crippen LogP contribution < -0.4 is 5.90 Å². The fraction of sp³-hybridized carbons (Fsp3) is 0.889. The summed E-state index contributed by atoms with van der Waals surface area (Å²) in [5, 5.41) is 0. The molecule has 0 aliphatic heterocycles. The first-order chi connectivity index (χ1) is 6.22. The lowest BCUT2D eigenvalue weighted by Gasteiger charge is -2.26. The molecule has 1 rings (SSSR count). The van der Waals surface area contributed by atoms with Gasteiger partial charge in [0.25, 0.3) is 0 Å². The van der Waals surface area contributed by atoms with Gasteiger partial charge in [-0.05, 0) is 25.2 Å². The van der Waals surface area contributed by atoms with Crippen LogP contribution in [0.2, 0.25) is 0 Å². The maximum atomic E-state index is 11.0. The number of hydrogen-bond donors (Lipinski definition) is 1. The second kappa shape index (κ2) is 5.19. The van der Waals surface area contributed by atoms with Gasteiger partial charge in [0, 0.05) is 0 Å². The zero-order valence-corrected chi connectivity index (χ0v) is 7.99. The highest BCUT2D eigenvalue weighted by molar-refractivity contribution is 5.70. The summed E-state index contributed by atoms with van der Waals surface area (Å²) in [5.74, 6) is 5.06. The quantitative estimate of drug-likeness (QED) is 0.529. The van der Waals surface area contributed by atoms with Gasteiger partial charge >= 0.3 is 5.97 Å². The number of ether oxygens (including phenoxy) is 1. The van der Waals surface area contributed by atoms with Gasteiger partial charge in [-0.15, -0.1) is 0 Å². The molecule has 13 heavy (non-hydrogen) atoms. The van der Waals surface area contributed by atoms with E-state index in [9.17, 15) is 4.79 Å². The molecule has 0 saturated heterocycles. The Kier molecular flexibility index (Phi) is 4.18. The van der Waals surface area contributed by atoms with Gasteiger partial charge < -0.3 is 4.74 Å². The average Bonchev–Trinajstić information content (AvgIpc) is 2.04. The van der Waals surface area contributed by atoms with E-state index in [0.29, 0.717) is 5.92 Å². The largest absolute Gasteiger partial charge is 0.461 e. The van der Waals surface area contributed by atoms with Crippen molar-refractivity contribution in [2.24, 2.45) is 11.8 Å². The van der Waals surface area contributed by atoms with E-state index in [1.807, 2.05) is 0 Å². The minimum absolute atomic E-state index is 0.0754. The molecule has 0 aromatic rings. The van der Waals surface area contributed by atoms with Crippen molar-refractivity contribution in [2.75, 3.05) is 6.61 Å². The molecular formula is C9H17NO3. The summed E-state index contributed by atoms with van der Waals surface area (Å²) < 4.78 is 5.16. The van der Waals surface area contributed by atoms with Crippen LogP contribution in [0, 0.1) is 5.92 Å². The molecule has 0 bridgehead atoms. The Morgan fingerprint density at radius 2 is 2.31 bits per heavy atom. The van der Waals surface area contributed by atoms with E-state index in [-0.39, 0.29) is 18.7 Å². The third-order valence-electron chi connectivity index (χ3n) is 2.39. The van der Waals surface area contributed by atoms with Gasteiger partial charge in [0.15, 0.2) is 6.61 Å². The Labute approximate surface area is 78.3 Å². The molecule has 2 unspecified atom stereocenters. The van der Waals surface area contributed by atoms with E-state index in [1.165, 1.54) is 6.42 Å². The highest BCUT2D eigenvalue weighted by Crippen LogP contribution is 2.25. The van der Waals surface area contributed by atoms with E-state index in [4.69, 9.17) is 10.6 Å². The van der Waals surface area contributed by atoms with Crippen LogP contribution in [-0.2, 0) is 14.4 Å². The summed E-state index contributed by atoms with van der Waals surface area (Å²) in [6, 6.07) is 0. The summed E-state index contributed by atoms with van der Waals surface area (Å²) in [4.78, 5) is 15.2. The van der Waals surface area contributed by atoms with Gasteiger partial charge in [-0.3, -0.25) is 4.84 Å². The zero-order chi connectivity index (χ0) is 9.68. The second-order valence-corrected chi connectivity index (χ2v) is 3.69. The van der Waals surface area contributed by atoms with Crippen molar-refractivity contribution in [1.29, 1.82) is 0 Å². The van der Waals surface area contributed by atoms with E-state index < -0.39 is 0 Å². The smallest absolute Gasteiger partial charge is 0.334 e. The Morgan fingerprint density at radius 3 is 2.92 bits per heavy atom. The van der Waals surface area contributed by atoms with Gasteiger partial charge in [0.1, 0.15) is 6.10 Å². The minimum atomic E-state index is -0.360. The lowest BCUT2D eigenvalue weighted by Crippen LogP contribution is -2.27. The second-order valence-electron chi connectivity index (χ2n) is 3.69. The molecule has 0 aromatic heterocycles. The predicted molar refractivity (Wildman–Crippen MR) is 47.7 cm³/mol. The van der Waals surface area contributed by atoms with Gasteiger partial charge in [-0.25, -0.2) is 10.7 Å². The van der Waals surface area contributed by atoms with Crippen molar-refractivity contribution in [1.82, 2.24) is 0 Å². The normalized spacial score (nSPS) is 28.5. The van der Waals surface area contributed by atoms with Gasteiger partial charge in [-0.2, -0.15) is 0 Å². The van der Waals surface area contributed by atoms with Crippen LogP contribution in [0.4, 0.5) is 0 Å². The van der Waals surface area contributed by atoms with Crippen molar-refractivity contribution < 1.29 is 14.4 Å². The van der Waals surface area contributed by atoms with Crippen LogP contribution in [0.5, 0.6) is 0 Å². The first-order valence-corrected chi connectivity index (χ1v) is 4.73. The summed E-state index contributed by atoms with van der Waals surface area (Å²) in [6.45, 7) is 2.03. The number of carbonyl (C=O) groups excluding carboxylic acids is 1. The van der Waals surface area contributed by atoms with Gasteiger partial charge in [0.05, 0.1) is 0 Å². The van der Waals surface area contributed by atoms with Crippen LogP contribution in [-0.4, -0.2) is 18.7 Å². The molecule has 0 heterocycles. The molecule has 2 N–H and O–H groups in total. The Hall–Kier alpha value is -0.610. The Bertz CT molecular complexity index is 172. The molecular weight excluding hydrogens is 170 g/mol. The standard InChI is InChI=1S/C9H17NO3/c1-7-3-2-4-8(5-7)13-9(11)6-12-10/h7-8H,2-6,10H2,1H3. The molecule has 4 nitrogen and oxygen atoms in total. The summed E-state index contributed by atoms with van der Waals surface area (Å²) in [7, 11) is 0. The van der Waals surface area contributed by atoms with E-state index >= 15 is 0 Å². The fourth-order valence-corrected chi connectivity index (χ4v) is 1.77. The van der Waals surface area contributed by atoms with E-state index in [1.54, 1.807) is 0 Å². The topological polar surface area (TPSA) is 61.5 Å². The highest BCUT2D eigenvalue weighted by atomic mass is 16.6. The zero-order valence-electron chi connectivity index (χ0n) is 7.99. The van der Waals surface area contributed by atoms with Crippen LogP contribution in [0.1, 0.15) is 32.6 Å². The molecule has 1 fully saturated rings.